The highest BCUT2D eigenvalue weighted by molar-refractivity contribution is 4.93. The monoisotopic (exact) mass is 181 g/mol. The quantitative estimate of drug-likeness (QED) is 0.726. The summed E-state index contributed by atoms with van der Waals surface area (Å²) in [5.41, 5.74) is 5.98. The van der Waals surface area contributed by atoms with E-state index in [2.05, 4.69) is 22.4 Å². The van der Waals surface area contributed by atoms with Gasteiger partial charge in [0, 0.05) is 0 Å². The Bertz CT molecular complexity index is 288. The van der Waals surface area contributed by atoms with Crippen LogP contribution < -0.4 is 5.73 Å². The van der Waals surface area contributed by atoms with Gasteiger partial charge in [0.15, 0.2) is 5.82 Å². The van der Waals surface area contributed by atoms with Gasteiger partial charge >= 0.3 is 0 Å². The van der Waals surface area contributed by atoms with Crippen molar-refractivity contribution in [3.05, 3.63) is 5.82 Å². The van der Waals surface area contributed by atoms with Gasteiger partial charge in [-0.3, -0.25) is 0 Å². The van der Waals surface area contributed by atoms with Crippen molar-refractivity contribution in [1.29, 1.82) is 0 Å². The molecule has 0 aromatic carbocycles. The number of hydrogen-bond acceptors (Lipinski definition) is 4. The summed E-state index contributed by atoms with van der Waals surface area (Å²) >= 11 is 0. The third kappa shape index (κ3) is 1.56. The Balaban J connectivity index is 2.09. The fraction of sp³-hybridized carbons (Fsp3) is 0.875. The van der Waals surface area contributed by atoms with Crippen molar-refractivity contribution in [3.8, 4) is 0 Å². The Morgan fingerprint density at radius 3 is 2.85 bits per heavy atom. The van der Waals surface area contributed by atoms with Crippen molar-refractivity contribution in [2.24, 2.45) is 11.1 Å². The highest BCUT2D eigenvalue weighted by atomic mass is 15.5. The molecule has 1 fully saturated rings. The van der Waals surface area contributed by atoms with Crippen LogP contribution in [0.4, 0.5) is 0 Å². The number of nitrogens with two attached hydrogens (primary N) is 1. The molecule has 1 aromatic heterocycles. The standard InChI is InChI=1S/C8H15N5/c1-2-8(3-4-8)6-13-7(5-9)10-11-12-13/h2-6,9H2,1H3. The Labute approximate surface area is 77.3 Å². The van der Waals surface area contributed by atoms with Gasteiger partial charge in [0.05, 0.1) is 13.1 Å². The van der Waals surface area contributed by atoms with Gasteiger partial charge in [-0.25, -0.2) is 4.68 Å². The third-order valence-electron chi connectivity index (χ3n) is 2.98. The van der Waals surface area contributed by atoms with E-state index >= 15 is 0 Å². The summed E-state index contributed by atoms with van der Waals surface area (Å²) < 4.78 is 1.84. The Morgan fingerprint density at radius 1 is 1.54 bits per heavy atom. The van der Waals surface area contributed by atoms with Gasteiger partial charge in [-0.05, 0) is 35.1 Å². The number of nitrogens with zero attached hydrogens (tertiary/aromatic N) is 4. The molecule has 72 valence electrons. The molecule has 0 atom stereocenters. The molecule has 0 unspecified atom stereocenters. The number of aromatic nitrogens is 4. The van der Waals surface area contributed by atoms with E-state index in [1.54, 1.807) is 0 Å². The zero-order valence-corrected chi connectivity index (χ0v) is 7.90. The molecule has 1 saturated carbocycles. The van der Waals surface area contributed by atoms with Gasteiger partial charge in [0.25, 0.3) is 0 Å². The molecule has 0 amide bonds. The van der Waals surface area contributed by atoms with E-state index in [1.165, 1.54) is 19.3 Å². The maximum Gasteiger partial charge on any atom is 0.164 e. The first-order valence-electron chi connectivity index (χ1n) is 4.75. The summed E-state index contributed by atoms with van der Waals surface area (Å²) in [4.78, 5) is 0. The summed E-state index contributed by atoms with van der Waals surface area (Å²) in [5.74, 6) is 0.791. The minimum absolute atomic E-state index is 0.423. The van der Waals surface area contributed by atoms with Crippen molar-refractivity contribution >= 4 is 0 Å². The topological polar surface area (TPSA) is 69.6 Å². The lowest BCUT2D eigenvalue weighted by molar-refractivity contribution is 0.372. The van der Waals surface area contributed by atoms with Crippen molar-refractivity contribution < 1.29 is 0 Å². The molecule has 13 heavy (non-hydrogen) atoms. The molecule has 1 aromatic rings. The molecule has 5 heteroatoms. The smallest absolute Gasteiger partial charge is 0.164 e. The van der Waals surface area contributed by atoms with Crippen LogP contribution in [0.15, 0.2) is 0 Å². The molecule has 1 heterocycles. The summed E-state index contributed by atoms with van der Waals surface area (Å²) in [6, 6.07) is 0. The Kier molecular flexibility index (Phi) is 2.03. The average molecular weight is 181 g/mol. The molecule has 1 aliphatic carbocycles. The second kappa shape index (κ2) is 3.06. The van der Waals surface area contributed by atoms with Crippen molar-refractivity contribution in [2.75, 3.05) is 0 Å². The second-order valence-electron chi connectivity index (χ2n) is 3.81. The van der Waals surface area contributed by atoms with E-state index in [9.17, 15) is 0 Å². The minimum atomic E-state index is 0.423. The highest BCUT2D eigenvalue weighted by Crippen LogP contribution is 2.49. The van der Waals surface area contributed by atoms with E-state index in [4.69, 9.17) is 5.73 Å². The molecule has 0 radical (unpaired) electrons. The Morgan fingerprint density at radius 2 is 2.31 bits per heavy atom. The highest BCUT2D eigenvalue weighted by Gasteiger charge is 2.41. The maximum absolute atomic E-state index is 5.51. The van der Waals surface area contributed by atoms with Crippen molar-refractivity contribution in [1.82, 2.24) is 20.2 Å². The molecule has 2 rings (SSSR count). The first kappa shape index (κ1) is 8.62. The van der Waals surface area contributed by atoms with E-state index in [1.807, 2.05) is 4.68 Å². The zero-order valence-electron chi connectivity index (χ0n) is 7.90. The second-order valence-corrected chi connectivity index (χ2v) is 3.81. The fourth-order valence-electron chi connectivity index (χ4n) is 1.61. The van der Waals surface area contributed by atoms with E-state index in [0.29, 0.717) is 12.0 Å². The molecule has 0 aliphatic heterocycles. The van der Waals surface area contributed by atoms with Gasteiger partial charge < -0.3 is 5.73 Å². The predicted octanol–water partition coefficient (Wildman–Crippen LogP) is 0.322. The van der Waals surface area contributed by atoms with Gasteiger partial charge in [-0.1, -0.05) is 6.92 Å². The number of rotatable bonds is 4. The minimum Gasteiger partial charge on any atom is -0.324 e. The van der Waals surface area contributed by atoms with Gasteiger partial charge in [-0.15, -0.1) is 5.10 Å². The summed E-state index contributed by atoms with van der Waals surface area (Å²) in [7, 11) is 0. The molecule has 0 saturated heterocycles. The van der Waals surface area contributed by atoms with Crippen LogP contribution in [-0.2, 0) is 13.1 Å². The summed E-state index contributed by atoms with van der Waals surface area (Å²) in [5, 5.41) is 11.4. The van der Waals surface area contributed by atoms with Crippen LogP contribution in [0.5, 0.6) is 0 Å². The summed E-state index contributed by atoms with van der Waals surface area (Å²) in [6.45, 7) is 3.58. The van der Waals surface area contributed by atoms with E-state index < -0.39 is 0 Å². The molecule has 5 nitrogen and oxygen atoms in total. The summed E-state index contributed by atoms with van der Waals surface area (Å²) in [6.07, 6.45) is 3.80. The molecule has 0 spiro atoms. The number of tetrazole rings is 1. The predicted molar refractivity (Wildman–Crippen MR) is 47.7 cm³/mol. The lowest BCUT2D eigenvalue weighted by Crippen LogP contribution is -2.16. The van der Waals surface area contributed by atoms with Crippen LogP contribution in [0, 0.1) is 5.41 Å². The first-order valence-corrected chi connectivity index (χ1v) is 4.75. The third-order valence-corrected chi connectivity index (χ3v) is 2.98. The fourth-order valence-corrected chi connectivity index (χ4v) is 1.61. The molecular formula is C8H15N5. The van der Waals surface area contributed by atoms with Crippen molar-refractivity contribution in [3.63, 3.8) is 0 Å². The van der Waals surface area contributed by atoms with Gasteiger partial charge in [0.1, 0.15) is 0 Å². The first-order chi connectivity index (χ1) is 6.29. The van der Waals surface area contributed by atoms with E-state index in [-0.39, 0.29) is 0 Å². The van der Waals surface area contributed by atoms with Crippen LogP contribution in [-0.4, -0.2) is 20.2 Å². The Hall–Kier alpha value is -0.970. The normalized spacial score (nSPS) is 18.9. The molecular weight excluding hydrogens is 166 g/mol. The van der Waals surface area contributed by atoms with Crippen LogP contribution in [0.25, 0.3) is 0 Å². The van der Waals surface area contributed by atoms with Crippen LogP contribution in [0.3, 0.4) is 0 Å². The van der Waals surface area contributed by atoms with Gasteiger partial charge in [0.2, 0.25) is 0 Å². The number of hydrogen-bond donors (Lipinski definition) is 1. The zero-order chi connectivity index (χ0) is 9.31. The van der Waals surface area contributed by atoms with Crippen LogP contribution in [0.2, 0.25) is 0 Å². The molecule has 1 aliphatic rings. The molecule has 2 N–H and O–H groups in total. The van der Waals surface area contributed by atoms with E-state index in [0.717, 1.165) is 12.4 Å². The average Bonchev–Trinajstić information content (AvgIpc) is 2.78. The van der Waals surface area contributed by atoms with Crippen LogP contribution >= 0.6 is 0 Å². The maximum atomic E-state index is 5.51. The van der Waals surface area contributed by atoms with Crippen molar-refractivity contribution in [2.45, 2.75) is 39.3 Å². The lowest BCUT2D eigenvalue weighted by atomic mass is 10.0. The van der Waals surface area contributed by atoms with Crippen LogP contribution in [0.1, 0.15) is 32.0 Å². The van der Waals surface area contributed by atoms with Gasteiger partial charge in [-0.2, -0.15) is 0 Å². The SMILES string of the molecule is CCC1(Cn2nnnc2CN)CC1. The molecule has 0 bridgehead atoms. The lowest BCUT2D eigenvalue weighted by Gasteiger charge is -2.11. The largest absolute Gasteiger partial charge is 0.324 e.